The Balaban J connectivity index is 1.56. The van der Waals surface area contributed by atoms with Crippen molar-refractivity contribution in [2.45, 2.75) is 5.92 Å². The molecule has 1 aliphatic rings. The number of nitrogens with zero attached hydrogens (tertiary/aromatic N) is 1. The van der Waals surface area contributed by atoms with E-state index in [1.165, 1.54) is 7.05 Å². The molecule has 0 saturated carbocycles. The van der Waals surface area contributed by atoms with E-state index >= 15 is 0 Å². The van der Waals surface area contributed by atoms with Gasteiger partial charge in [0.2, 0.25) is 0 Å². The number of hydrogen-bond acceptors (Lipinski definition) is 7. The Labute approximate surface area is 176 Å². The fraction of sp³-hybridized carbons (Fsp3) is 0.300. The maximum absolute atomic E-state index is 12.1. The average Bonchev–Trinajstić information content (AvgIpc) is 3.06. The Morgan fingerprint density at radius 2 is 1.70 bits per heavy atom. The number of carbonyl (C=O) groups excluding carboxylic acids is 2. The minimum Gasteiger partial charge on any atom is -0.721 e. The van der Waals surface area contributed by atoms with Crippen molar-refractivity contribution in [3.05, 3.63) is 59.7 Å². The lowest BCUT2D eigenvalue weighted by atomic mass is 9.98. The van der Waals surface area contributed by atoms with Gasteiger partial charge in [0.1, 0.15) is 20.2 Å². The van der Waals surface area contributed by atoms with E-state index in [0.29, 0.717) is 0 Å². The van der Waals surface area contributed by atoms with Crippen LogP contribution in [0.5, 0.6) is 0 Å². The minimum atomic E-state index is -2.76. The largest absolute Gasteiger partial charge is 0.721 e. The average molecular weight is 433 g/mol. The second-order valence-corrected chi connectivity index (χ2v) is 8.08. The number of hydrogen-bond donors (Lipinski definition) is 2. The fourth-order valence-electron chi connectivity index (χ4n) is 3.41. The molecule has 1 amide bonds. The van der Waals surface area contributed by atoms with Crippen LogP contribution in [0, 0.1) is 0 Å². The molecule has 10 heteroatoms. The van der Waals surface area contributed by atoms with Gasteiger partial charge in [-0.1, -0.05) is 52.6 Å². The number of rotatable bonds is 8. The van der Waals surface area contributed by atoms with Crippen molar-refractivity contribution < 1.29 is 32.0 Å². The second kappa shape index (κ2) is 9.35. The van der Waals surface area contributed by atoms with E-state index in [1.54, 1.807) is 0 Å². The van der Waals surface area contributed by atoms with Crippen LogP contribution in [-0.4, -0.2) is 58.2 Å². The molecule has 0 bridgehead atoms. The number of quaternary nitrogens is 1. The number of nitrogens with one attached hydrogen (secondary N) is 1. The number of amides is 1. The van der Waals surface area contributed by atoms with Gasteiger partial charge < -0.3 is 20.3 Å². The summed E-state index contributed by atoms with van der Waals surface area (Å²) in [4.78, 5) is 28.3. The molecule has 160 valence electrons. The number of benzene rings is 2. The summed E-state index contributed by atoms with van der Waals surface area (Å²) in [5, 5.41) is 2.48. The minimum absolute atomic E-state index is 0.0798. The van der Waals surface area contributed by atoms with Crippen molar-refractivity contribution in [2.75, 3.05) is 33.3 Å². The van der Waals surface area contributed by atoms with Gasteiger partial charge in [0.05, 0.1) is 13.1 Å². The molecule has 2 unspecified atom stereocenters. The maximum atomic E-state index is 12.1. The van der Waals surface area contributed by atoms with E-state index in [9.17, 15) is 18.4 Å². The van der Waals surface area contributed by atoms with Gasteiger partial charge in [0.15, 0.2) is 11.3 Å². The molecule has 0 radical (unpaired) electrons. The number of hydroxylamine groups is 2. The Kier molecular flexibility index (Phi) is 6.83. The molecule has 9 nitrogen and oxygen atoms in total. The number of likely N-dealkylation sites (N-methyl/N-ethyl adjacent to an activating group) is 1. The van der Waals surface area contributed by atoms with Gasteiger partial charge in [0, 0.05) is 5.92 Å². The maximum Gasteiger partial charge on any atom is 0.407 e. The van der Waals surface area contributed by atoms with Crippen molar-refractivity contribution in [3.8, 4) is 11.1 Å². The molecule has 0 saturated heterocycles. The van der Waals surface area contributed by atoms with Crippen LogP contribution in [0.2, 0.25) is 0 Å². The monoisotopic (exact) mass is 433 g/mol. The van der Waals surface area contributed by atoms with E-state index in [1.807, 2.05) is 48.5 Å². The first-order chi connectivity index (χ1) is 14.4. The van der Waals surface area contributed by atoms with E-state index in [2.05, 4.69) is 5.32 Å². The number of alkyl carbamates (subject to hydrolysis) is 1. The summed E-state index contributed by atoms with van der Waals surface area (Å²) in [6.45, 7) is -0.600. The highest BCUT2D eigenvalue weighted by Crippen LogP contribution is 2.44. The van der Waals surface area contributed by atoms with Crippen LogP contribution in [0.25, 0.3) is 11.1 Å². The van der Waals surface area contributed by atoms with Crippen LogP contribution < -0.4 is 11.1 Å². The summed E-state index contributed by atoms with van der Waals surface area (Å²) in [6.07, 6.45) is -0.690. The Morgan fingerprint density at radius 1 is 1.13 bits per heavy atom. The summed E-state index contributed by atoms with van der Waals surface area (Å²) in [6, 6.07) is 15.9. The summed E-state index contributed by atoms with van der Waals surface area (Å²) in [5.74, 6) is -0.952. The molecule has 3 rings (SSSR count). The van der Waals surface area contributed by atoms with Crippen LogP contribution >= 0.6 is 0 Å². The van der Waals surface area contributed by atoms with Gasteiger partial charge in [-0.05, 0) is 22.3 Å². The molecular formula is C20H23N3O6S. The Morgan fingerprint density at radius 3 is 2.23 bits per heavy atom. The molecule has 2 atom stereocenters. The molecule has 0 spiro atoms. The van der Waals surface area contributed by atoms with Gasteiger partial charge in [-0.2, -0.15) is 0 Å². The first-order valence-electron chi connectivity index (χ1n) is 9.32. The number of carbonyl (C=O) groups is 2. The third-order valence-electron chi connectivity index (χ3n) is 4.91. The SMILES string of the molecule is C[N+](CCNC(=O)OCC1c2ccccc2-c2ccccc21)(OC(=O)CN)S(=O)[O-]. The quantitative estimate of drug-likeness (QED) is 0.363. The van der Waals surface area contributed by atoms with E-state index < -0.39 is 33.9 Å². The summed E-state index contributed by atoms with van der Waals surface area (Å²) in [7, 11) is 1.18. The molecule has 0 fully saturated rings. The summed E-state index contributed by atoms with van der Waals surface area (Å²) in [5.41, 5.74) is 9.57. The lowest BCUT2D eigenvalue weighted by Crippen LogP contribution is -2.51. The third-order valence-corrected chi connectivity index (χ3v) is 5.80. The standard InChI is InChI=1S/C20H23N3O6S/c1-23(30(26)27,29-19(24)12-21)11-10-22-20(25)28-13-18-16-8-4-2-6-14(16)15-7-3-5-9-17(15)18/h2-9,18H,10-13,21H2,1H3,(H-,22,25,26,27). The van der Waals surface area contributed by atoms with Crippen molar-refractivity contribution in [1.29, 1.82) is 0 Å². The molecule has 30 heavy (non-hydrogen) atoms. The zero-order valence-corrected chi connectivity index (χ0v) is 17.2. The normalized spacial score (nSPS) is 15.4. The van der Waals surface area contributed by atoms with Crippen LogP contribution in [0.15, 0.2) is 48.5 Å². The zero-order valence-electron chi connectivity index (χ0n) is 16.4. The predicted octanol–water partition coefficient (Wildman–Crippen LogP) is 1.18. The predicted molar refractivity (Wildman–Crippen MR) is 108 cm³/mol. The fourth-order valence-corrected chi connectivity index (χ4v) is 3.80. The highest BCUT2D eigenvalue weighted by Gasteiger charge is 2.31. The molecular weight excluding hydrogens is 410 g/mol. The lowest BCUT2D eigenvalue weighted by molar-refractivity contribution is -0.970. The Hall–Kier alpha value is -2.79. The van der Waals surface area contributed by atoms with Gasteiger partial charge >= 0.3 is 12.1 Å². The van der Waals surface area contributed by atoms with E-state index in [4.69, 9.17) is 15.3 Å². The first kappa shape index (κ1) is 21.9. The molecule has 1 aliphatic carbocycles. The van der Waals surface area contributed by atoms with E-state index in [-0.39, 0.29) is 25.6 Å². The zero-order chi connectivity index (χ0) is 21.7. The third kappa shape index (κ3) is 4.68. The van der Waals surface area contributed by atoms with Crippen molar-refractivity contribution in [2.24, 2.45) is 5.73 Å². The number of nitrogens with two attached hydrogens (primary N) is 1. The molecule has 0 aromatic heterocycles. The molecule has 2 aromatic rings. The first-order valence-corrected chi connectivity index (χ1v) is 10.4. The van der Waals surface area contributed by atoms with Crippen molar-refractivity contribution in [3.63, 3.8) is 0 Å². The smallest absolute Gasteiger partial charge is 0.407 e. The van der Waals surface area contributed by atoms with Crippen LogP contribution in [-0.2, 0) is 25.6 Å². The molecule has 3 N–H and O–H groups in total. The molecule has 0 aliphatic heterocycles. The topological polar surface area (TPSA) is 131 Å². The van der Waals surface area contributed by atoms with Gasteiger partial charge in [-0.15, -0.1) is 0 Å². The second-order valence-electron chi connectivity index (χ2n) is 6.87. The van der Waals surface area contributed by atoms with Crippen LogP contribution in [0.1, 0.15) is 17.0 Å². The highest BCUT2D eigenvalue weighted by atomic mass is 32.2. The molecule has 0 heterocycles. The Bertz CT molecular complexity index is 924. The van der Waals surface area contributed by atoms with Crippen LogP contribution in [0.4, 0.5) is 4.79 Å². The number of fused-ring (bicyclic) bond motifs is 3. The van der Waals surface area contributed by atoms with Gasteiger partial charge in [-0.3, -0.25) is 4.84 Å². The number of ether oxygens (including phenoxy) is 1. The van der Waals surface area contributed by atoms with Gasteiger partial charge in [-0.25, -0.2) is 13.8 Å². The van der Waals surface area contributed by atoms with E-state index in [0.717, 1.165) is 22.3 Å². The summed E-state index contributed by atoms with van der Waals surface area (Å²) < 4.78 is 27.1. The van der Waals surface area contributed by atoms with Crippen molar-refractivity contribution in [1.82, 2.24) is 5.32 Å². The van der Waals surface area contributed by atoms with Gasteiger partial charge in [0.25, 0.3) is 0 Å². The van der Waals surface area contributed by atoms with Crippen LogP contribution in [0.3, 0.4) is 0 Å². The lowest BCUT2D eigenvalue weighted by Gasteiger charge is -2.30. The van der Waals surface area contributed by atoms with Crippen molar-refractivity contribution >= 4 is 23.3 Å². The molecule has 2 aromatic carbocycles. The highest BCUT2D eigenvalue weighted by molar-refractivity contribution is 7.73. The summed E-state index contributed by atoms with van der Waals surface area (Å²) >= 11 is -2.76.